The van der Waals surface area contributed by atoms with Crippen LogP contribution < -0.4 is 5.73 Å². The van der Waals surface area contributed by atoms with Crippen LogP contribution in [0.25, 0.3) is 0 Å². The zero-order valence-electron chi connectivity index (χ0n) is 17.3. The molecule has 158 valence electrons. The van der Waals surface area contributed by atoms with Crippen molar-refractivity contribution >= 4 is 29.5 Å². The van der Waals surface area contributed by atoms with E-state index in [0.717, 1.165) is 11.3 Å². The minimum Gasteiger partial charge on any atom is -0.339 e. The topological polar surface area (TPSA) is 87.0 Å². The predicted octanol–water partition coefficient (Wildman–Crippen LogP) is 1.42. The zero-order valence-corrected chi connectivity index (χ0v) is 18.2. The lowest BCUT2D eigenvalue weighted by Gasteiger charge is -2.28. The maximum atomic E-state index is 12.9. The molecule has 1 aromatic carbocycles. The molecule has 8 heteroatoms. The fourth-order valence-electron chi connectivity index (χ4n) is 3.83. The van der Waals surface area contributed by atoms with Crippen LogP contribution in [0.2, 0.25) is 0 Å². The molecule has 7 nitrogen and oxygen atoms in total. The van der Waals surface area contributed by atoms with Gasteiger partial charge in [-0.15, -0.1) is 11.8 Å². The molecule has 1 saturated heterocycles. The second-order valence-corrected chi connectivity index (χ2v) is 9.18. The van der Waals surface area contributed by atoms with E-state index in [4.69, 9.17) is 5.73 Å². The van der Waals surface area contributed by atoms with Crippen LogP contribution in [0.3, 0.4) is 0 Å². The number of fused-ring (bicyclic) bond motifs is 3. The number of amides is 3. The zero-order chi connectivity index (χ0) is 21.1. The third-order valence-electron chi connectivity index (χ3n) is 5.85. The van der Waals surface area contributed by atoms with Gasteiger partial charge in [-0.05, 0) is 38.0 Å². The number of hydrogen-bond donors (Lipinski definition) is 1. The second kappa shape index (κ2) is 9.17. The van der Waals surface area contributed by atoms with E-state index in [0.29, 0.717) is 30.7 Å². The largest absolute Gasteiger partial charge is 0.339 e. The number of benzene rings is 1. The molecule has 0 unspecified atom stereocenters. The first-order valence-corrected chi connectivity index (χ1v) is 11.0. The summed E-state index contributed by atoms with van der Waals surface area (Å²) in [6.45, 7) is 2.52. The summed E-state index contributed by atoms with van der Waals surface area (Å²) in [5, 5.41) is 0. The summed E-state index contributed by atoms with van der Waals surface area (Å²) in [5.74, 6) is 0.517. The number of nitrogens with zero attached hydrogens (tertiary/aromatic N) is 3. The second-order valence-electron chi connectivity index (χ2n) is 8.09. The molecule has 0 spiro atoms. The number of carbonyl (C=O) groups excluding carboxylic acids is 3. The molecule has 0 saturated carbocycles. The number of hydrogen-bond acceptors (Lipinski definition) is 5. The predicted molar refractivity (Wildman–Crippen MR) is 114 cm³/mol. The molecule has 0 aliphatic carbocycles. The lowest BCUT2D eigenvalue weighted by Crippen LogP contribution is -2.45. The van der Waals surface area contributed by atoms with Gasteiger partial charge in [-0.2, -0.15) is 0 Å². The average Bonchev–Trinajstić information content (AvgIpc) is 3.09. The van der Waals surface area contributed by atoms with E-state index in [1.54, 1.807) is 30.8 Å². The first-order chi connectivity index (χ1) is 13.8. The Morgan fingerprint density at radius 2 is 1.90 bits per heavy atom. The smallest absolute Gasteiger partial charge is 0.253 e. The van der Waals surface area contributed by atoms with Gasteiger partial charge in [-0.3, -0.25) is 14.4 Å². The Labute approximate surface area is 176 Å². The lowest BCUT2D eigenvalue weighted by atomic mass is 10.1. The van der Waals surface area contributed by atoms with Gasteiger partial charge in [0.05, 0.1) is 6.54 Å². The molecular formula is C21H30N4O3S. The van der Waals surface area contributed by atoms with Crippen LogP contribution >= 0.6 is 11.8 Å². The monoisotopic (exact) mass is 418 g/mol. The van der Waals surface area contributed by atoms with E-state index in [-0.39, 0.29) is 42.4 Å². The van der Waals surface area contributed by atoms with Crippen molar-refractivity contribution in [3.8, 4) is 0 Å². The van der Waals surface area contributed by atoms with Gasteiger partial charge in [0.25, 0.3) is 5.91 Å². The highest BCUT2D eigenvalue weighted by Gasteiger charge is 2.34. The van der Waals surface area contributed by atoms with Crippen molar-refractivity contribution in [1.29, 1.82) is 0 Å². The summed E-state index contributed by atoms with van der Waals surface area (Å²) in [4.78, 5) is 44.2. The molecule has 0 radical (unpaired) electrons. The highest BCUT2D eigenvalue weighted by molar-refractivity contribution is 7.99. The molecule has 1 aromatic rings. The molecule has 3 rings (SSSR count). The van der Waals surface area contributed by atoms with E-state index < -0.39 is 0 Å². The summed E-state index contributed by atoms with van der Waals surface area (Å²) in [6, 6.07) is 7.50. The molecule has 29 heavy (non-hydrogen) atoms. The SMILES string of the molecule is C[C@@H]1CCC(=O)N(C)CC(=O)N2C[C@H](N)C[C@H]2CSc2cccc(c2)C(=O)N1C. The van der Waals surface area contributed by atoms with Crippen molar-refractivity contribution in [2.45, 2.75) is 49.2 Å². The van der Waals surface area contributed by atoms with E-state index >= 15 is 0 Å². The van der Waals surface area contributed by atoms with Gasteiger partial charge >= 0.3 is 0 Å². The normalized spacial score (nSPS) is 27.4. The maximum absolute atomic E-state index is 12.9. The summed E-state index contributed by atoms with van der Waals surface area (Å²) < 4.78 is 0. The lowest BCUT2D eigenvalue weighted by molar-refractivity contribution is -0.139. The first-order valence-electron chi connectivity index (χ1n) is 10.0. The van der Waals surface area contributed by atoms with Gasteiger partial charge in [0.1, 0.15) is 0 Å². The highest BCUT2D eigenvalue weighted by Crippen LogP contribution is 2.27. The van der Waals surface area contributed by atoms with Crippen molar-refractivity contribution in [3.05, 3.63) is 29.8 Å². The summed E-state index contributed by atoms with van der Waals surface area (Å²) in [5.41, 5.74) is 6.76. The van der Waals surface area contributed by atoms with Crippen LogP contribution in [0, 0.1) is 0 Å². The summed E-state index contributed by atoms with van der Waals surface area (Å²) in [6.07, 6.45) is 1.59. The number of likely N-dealkylation sites (N-methyl/N-ethyl adjacent to an activating group) is 1. The molecular weight excluding hydrogens is 388 g/mol. The number of rotatable bonds is 0. The standard InChI is InChI=1S/C21H30N4O3S/c1-14-7-8-19(26)23(2)12-20(27)25-11-16(22)10-17(25)13-29-18-6-4-5-15(9-18)21(28)24(14)3/h4-6,9,14,16-17H,7-8,10-13,22H2,1-3H3/t14-,16-,17+/m1/s1. The summed E-state index contributed by atoms with van der Waals surface area (Å²) >= 11 is 1.63. The Morgan fingerprint density at radius 3 is 2.66 bits per heavy atom. The van der Waals surface area contributed by atoms with Crippen LogP contribution in [0.5, 0.6) is 0 Å². The Balaban J connectivity index is 1.87. The van der Waals surface area contributed by atoms with Gasteiger partial charge in [0.2, 0.25) is 11.8 Å². The minimum absolute atomic E-state index is 0.0287. The third-order valence-corrected chi connectivity index (χ3v) is 6.98. The van der Waals surface area contributed by atoms with Crippen molar-refractivity contribution in [2.75, 3.05) is 32.9 Å². The Kier molecular flexibility index (Phi) is 6.85. The van der Waals surface area contributed by atoms with Crippen molar-refractivity contribution < 1.29 is 14.4 Å². The summed E-state index contributed by atoms with van der Waals surface area (Å²) in [7, 11) is 3.43. The molecule has 2 heterocycles. The molecule has 2 bridgehead atoms. The Morgan fingerprint density at radius 1 is 1.14 bits per heavy atom. The van der Waals surface area contributed by atoms with Gasteiger partial charge in [-0.25, -0.2) is 0 Å². The molecule has 2 N–H and O–H groups in total. The quantitative estimate of drug-likeness (QED) is 0.689. The van der Waals surface area contributed by atoms with Crippen molar-refractivity contribution in [3.63, 3.8) is 0 Å². The average molecular weight is 419 g/mol. The number of thioether (sulfide) groups is 1. The van der Waals surface area contributed by atoms with E-state index in [2.05, 4.69) is 0 Å². The molecule has 0 aromatic heterocycles. The number of carbonyl (C=O) groups is 3. The maximum Gasteiger partial charge on any atom is 0.253 e. The van der Waals surface area contributed by atoms with Crippen LogP contribution in [0.4, 0.5) is 0 Å². The van der Waals surface area contributed by atoms with Gasteiger partial charge in [0, 0.05) is 61.4 Å². The van der Waals surface area contributed by atoms with E-state index in [1.165, 1.54) is 4.90 Å². The van der Waals surface area contributed by atoms with Crippen LogP contribution in [0.1, 0.15) is 36.5 Å². The highest BCUT2D eigenvalue weighted by atomic mass is 32.2. The van der Waals surface area contributed by atoms with Crippen LogP contribution in [-0.4, -0.2) is 83.5 Å². The van der Waals surface area contributed by atoms with Crippen molar-refractivity contribution in [1.82, 2.24) is 14.7 Å². The van der Waals surface area contributed by atoms with Gasteiger partial charge < -0.3 is 20.4 Å². The van der Waals surface area contributed by atoms with Crippen molar-refractivity contribution in [2.24, 2.45) is 5.73 Å². The first kappa shape index (κ1) is 21.6. The molecule has 1 fully saturated rings. The molecule has 2 aliphatic rings. The Bertz CT molecular complexity index is 787. The molecule has 3 atom stereocenters. The molecule has 3 amide bonds. The fourth-order valence-corrected chi connectivity index (χ4v) is 4.92. The Hall–Kier alpha value is -2.06. The van der Waals surface area contributed by atoms with Crippen LogP contribution in [0.15, 0.2) is 29.2 Å². The van der Waals surface area contributed by atoms with Crippen LogP contribution in [-0.2, 0) is 9.59 Å². The third kappa shape index (κ3) is 5.11. The fraction of sp³-hybridized carbons (Fsp3) is 0.571. The van der Waals surface area contributed by atoms with Gasteiger partial charge in [0.15, 0.2) is 0 Å². The minimum atomic E-state index is -0.0884. The molecule has 2 aliphatic heterocycles. The number of nitrogens with two attached hydrogens (primary N) is 1. The van der Waals surface area contributed by atoms with E-state index in [1.807, 2.05) is 36.1 Å². The van der Waals surface area contributed by atoms with Gasteiger partial charge in [-0.1, -0.05) is 6.07 Å². The van der Waals surface area contributed by atoms with E-state index in [9.17, 15) is 14.4 Å².